The SMILES string of the molecule is O=S(=O)(Nc1cccnc1-n1cccn1)c1ccc(Br)s1. The van der Waals surface area contributed by atoms with Crippen molar-refractivity contribution >= 4 is 43.0 Å². The predicted octanol–water partition coefficient (Wildman–Crippen LogP) is 2.89. The van der Waals surface area contributed by atoms with Gasteiger partial charge in [-0.3, -0.25) is 4.72 Å². The van der Waals surface area contributed by atoms with Crippen LogP contribution in [0.5, 0.6) is 0 Å². The molecule has 6 nitrogen and oxygen atoms in total. The van der Waals surface area contributed by atoms with Gasteiger partial charge in [0.05, 0.1) is 9.47 Å². The largest absolute Gasteiger partial charge is 0.275 e. The van der Waals surface area contributed by atoms with Gasteiger partial charge < -0.3 is 0 Å². The summed E-state index contributed by atoms with van der Waals surface area (Å²) < 4.78 is 29.7. The maximum atomic E-state index is 12.4. The molecular weight excluding hydrogens is 376 g/mol. The van der Waals surface area contributed by atoms with Crippen molar-refractivity contribution in [2.24, 2.45) is 0 Å². The Kier molecular flexibility index (Phi) is 3.79. The molecule has 3 rings (SSSR count). The number of halogens is 1. The monoisotopic (exact) mass is 384 g/mol. The van der Waals surface area contributed by atoms with Gasteiger partial charge in [0.2, 0.25) is 0 Å². The summed E-state index contributed by atoms with van der Waals surface area (Å²) in [6.45, 7) is 0. The zero-order valence-corrected chi connectivity index (χ0v) is 13.7. The Morgan fingerprint density at radius 1 is 1.19 bits per heavy atom. The number of pyridine rings is 1. The fraction of sp³-hybridized carbons (Fsp3) is 0. The quantitative estimate of drug-likeness (QED) is 0.749. The Hall–Kier alpha value is -1.71. The number of sulfonamides is 1. The van der Waals surface area contributed by atoms with Crippen LogP contribution < -0.4 is 4.72 Å². The summed E-state index contributed by atoms with van der Waals surface area (Å²) in [7, 11) is -3.65. The number of aromatic nitrogens is 3. The molecule has 3 heterocycles. The van der Waals surface area contributed by atoms with E-state index in [1.54, 1.807) is 48.9 Å². The van der Waals surface area contributed by atoms with Gasteiger partial charge >= 0.3 is 0 Å². The van der Waals surface area contributed by atoms with Crippen LogP contribution in [-0.4, -0.2) is 23.2 Å². The molecule has 0 amide bonds. The maximum Gasteiger partial charge on any atom is 0.271 e. The molecule has 108 valence electrons. The number of anilines is 1. The Bertz CT molecular complexity index is 859. The van der Waals surface area contributed by atoms with Crippen LogP contribution in [0.1, 0.15) is 0 Å². The molecule has 3 aromatic heterocycles. The average molecular weight is 385 g/mol. The van der Waals surface area contributed by atoms with E-state index in [0.29, 0.717) is 11.5 Å². The Balaban J connectivity index is 1.99. The molecule has 3 aromatic rings. The smallest absolute Gasteiger partial charge is 0.271 e. The first-order valence-electron chi connectivity index (χ1n) is 5.79. The van der Waals surface area contributed by atoms with E-state index in [-0.39, 0.29) is 4.21 Å². The number of rotatable bonds is 4. The third kappa shape index (κ3) is 2.99. The van der Waals surface area contributed by atoms with E-state index in [0.717, 1.165) is 15.1 Å². The van der Waals surface area contributed by atoms with Crippen molar-refractivity contribution in [3.05, 3.63) is 52.7 Å². The van der Waals surface area contributed by atoms with Gasteiger partial charge in [-0.25, -0.2) is 18.1 Å². The van der Waals surface area contributed by atoms with Gasteiger partial charge in [0.25, 0.3) is 10.0 Å². The minimum absolute atomic E-state index is 0.227. The van der Waals surface area contributed by atoms with Crippen molar-refractivity contribution in [1.29, 1.82) is 0 Å². The van der Waals surface area contributed by atoms with Gasteiger partial charge in [0, 0.05) is 18.6 Å². The molecule has 0 bridgehead atoms. The van der Waals surface area contributed by atoms with E-state index in [9.17, 15) is 8.42 Å². The molecule has 0 fully saturated rings. The fourth-order valence-corrected chi connectivity index (χ4v) is 4.76. The highest BCUT2D eigenvalue weighted by Crippen LogP contribution is 2.28. The molecule has 0 aliphatic heterocycles. The van der Waals surface area contributed by atoms with Crippen LogP contribution in [0.2, 0.25) is 0 Å². The van der Waals surface area contributed by atoms with Crippen molar-refractivity contribution in [3.8, 4) is 5.82 Å². The number of thiophene rings is 1. The normalized spacial score (nSPS) is 11.5. The van der Waals surface area contributed by atoms with E-state index in [1.165, 1.54) is 4.68 Å². The zero-order chi connectivity index (χ0) is 14.9. The average Bonchev–Trinajstić information content (AvgIpc) is 3.10. The lowest BCUT2D eigenvalue weighted by molar-refractivity contribution is 0.603. The van der Waals surface area contributed by atoms with Crippen molar-refractivity contribution in [2.75, 3.05) is 4.72 Å². The van der Waals surface area contributed by atoms with Gasteiger partial charge in [-0.2, -0.15) is 5.10 Å². The molecule has 9 heteroatoms. The lowest BCUT2D eigenvalue weighted by atomic mass is 10.4. The van der Waals surface area contributed by atoms with E-state index in [1.807, 2.05) is 0 Å². The minimum Gasteiger partial charge on any atom is -0.275 e. The lowest BCUT2D eigenvalue weighted by Crippen LogP contribution is -2.14. The molecule has 0 aliphatic carbocycles. The molecule has 0 aliphatic rings. The first-order valence-corrected chi connectivity index (χ1v) is 8.89. The van der Waals surface area contributed by atoms with Gasteiger partial charge in [0.15, 0.2) is 5.82 Å². The third-order valence-corrected chi connectivity index (χ3v) is 6.05. The second-order valence-electron chi connectivity index (χ2n) is 3.99. The first kappa shape index (κ1) is 14.2. The fourth-order valence-electron chi connectivity index (χ4n) is 1.69. The van der Waals surface area contributed by atoms with Crippen LogP contribution in [0, 0.1) is 0 Å². The molecule has 0 saturated carbocycles. The van der Waals surface area contributed by atoms with Crippen molar-refractivity contribution in [2.45, 2.75) is 4.21 Å². The highest BCUT2D eigenvalue weighted by Gasteiger charge is 2.19. The Labute approximate surface area is 133 Å². The van der Waals surface area contributed by atoms with Crippen LogP contribution in [0.25, 0.3) is 5.82 Å². The van der Waals surface area contributed by atoms with Gasteiger partial charge in [-0.05, 0) is 46.3 Å². The molecule has 0 unspecified atom stereocenters. The van der Waals surface area contributed by atoms with Crippen molar-refractivity contribution in [3.63, 3.8) is 0 Å². The lowest BCUT2D eigenvalue weighted by Gasteiger charge is -2.10. The Morgan fingerprint density at radius 3 is 2.71 bits per heavy atom. The predicted molar refractivity (Wildman–Crippen MR) is 84.2 cm³/mol. The van der Waals surface area contributed by atoms with Gasteiger partial charge in [0.1, 0.15) is 4.21 Å². The van der Waals surface area contributed by atoms with Gasteiger partial charge in [-0.1, -0.05) is 0 Å². The van der Waals surface area contributed by atoms with Crippen molar-refractivity contribution in [1.82, 2.24) is 14.8 Å². The molecular formula is C12H9BrN4O2S2. The summed E-state index contributed by atoms with van der Waals surface area (Å²) in [5, 5.41) is 4.07. The van der Waals surface area contributed by atoms with E-state index in [2.05, 4.69) is 30.7 Å². The van der Waals surface area contributed by atoms with Crippen molar-refractivity contribution < 1.29 is 8.42 Å². The summed E-state index contributed by atoms with van der Waals surface area (Å²) in [6, 6.07) is 8.28. The second kappa shape index (κ2) is 5.58. The minimum atomic E-state index is -3.65. The van der Waals surface area contributed by atoms with Gasteiger partial charge in [-0.15, -0.1) is 11.3 Å². The standard InChI is InChI=1S/C12H9BrN4O2S2/c13-10-4-5-11(20-10)21(18,19)16-9-3-1-6-14-12(9)17-8-2-7-15-17/h1-8,16H. The van der Waals surface area contributed by atoms with E-state index in [4.69, 9.17) is 0 Å². The molecule has 0 radical (unpaired) electrons. The second-order valence-corrected chi connectivity index (χ2v) is 8.36. The summed E-state index contributed by atoms with van der Waals surface area (Å²) in [5.41, 5.74) is 0.366. The first-order chi connectivity index (χ1) is 10.1. The number of nitrogens with one attached hydrogen (secondary N) is 1. The summed E-state index contributed by atoms with van der Waals surface area (Å²) in [4.78, 5) is 4.17. The highest BCUT2D eigenvalue weighted by atomic mass is 79.9. The van der Waals surface area contributed by atoms with E-state index < -0.39 is 10.0 Å². The molecule has 0 saturated heterocycles. The summed E-state index contributed by atoms with van der Waals surface area (Å²) in [6.07, 6.45) is 4.88. The summed E-state index contributed by atoms with van der Waals surface area (Å²) in [5.74, 6) is 0.418. The molecule has 0 aromatic carbocycles. The van der Waals surface area contributed by atoms with E-state index >= 15 is 0 Å². The molecule has 21 heavy (non-hydrogen) atoms. The number of hydrogen-bond donors (Lipinski definition) is 1. The Morgan fingerprint density at radius 2 is 2.05 bits per heavy atom. The highest BCUT2D eigenvalue weighted by molar-refractivity contribution is 9.11. The number of nitrogens with zero attached hydrogens (tertiary/aromatic N) is 3. The molecule has 0 atom stereocenters. The molecule has 0 spiro atoms. The van der Waals surface area contributed by atoms with Crippen LogP contribution in [0.15, 0.2) is 56.9 Å². The number of hydrogen-bond acceptors (Lipinski definition) is 5. The third-order valence-electron chi connectivity index (χ3n) is 2.57. The maximum absolute atomic E-state index is 12.4. The zero-order valence-electron chi connectivity index (χ0n) is 10.5. The van der Waals surface area contributed by atoms with Crippen LogP contribution in [0.3, 0.4) is 0 Å². The summed E-state index contributed by atoms with van der Waals surface area (Å²) >= 11 is 4.40. The van der Waals surface area contributed by atoms with Crippen LogP contribution >= 0.6 is 27.3 Å². The topological polar surface area (TPSA) is 76.9 Å². The van der Waals surface area contributed by atoms with Crippen LogP contribution in [0.4, 0.5) is 5.69 Å². The molecule has 1 N–H and O–H groups in total. The van der Waals surface area contributed by atoms with Crippen LogP contribution in [-0.2, 0) is 10.0 Å².